The maximum atomic E-state index is 14.0. The van der Waals surface area contributed by atoms with Crippen LogP contribution in [-0.2, 0) is 12.3 Å². The largest absolute Gasteiger partial charge is 0.286 e. The number of nitrogens with zero attached hydrogens (tertiary/aromatic N) is 2. The summed E-state index contributed by atoms with van der Waals surface area (Å²) in [7, 11) is 0. The van der Waals surface area contributed by atoms with Crippen LogP contribution in [0.3, 0.4) is 0 Å². The Bertz CT molecular complexity index is 916. The van der Waals surface area contributed by atoms with Crippen molar-refractivity contribution in [3.8, 4) is 0 Å². The second kappa shape index (κ2) is 7.25. The highest BCUT2D eigenvalue weighted by Crippen LogP contribution is 2.29. The Morgan fingerprint density at radius 2 is 2.17 bits per heavy atom. The molecule has 0 fully saturated rings. The van der Waals surface area contributed by atoms with Gasteiger partial charge in [0.05, 0.1) is 5.52 Å². The Balaban J connectivity index is 2.00. The molecule has 3 nitrogen and oxygen atoms in total. The first kappa shape index (κ1) is 17.5. The number of halogens is 2. The minimum Gasteiger partial charge on any atom is -0.286 e. The van der Waals surface area contributed by atoms with E-state index in [0.717, 1.165) is 0 Å². The van der Waals surface area contributed by atoms with Crippen LogP contribution in [0.2, 0.25) is 5.02 Å². The number of fused-ring (bicyclic) bond motifs is 1. The maximum absolute atomic E-state index is 14.0. The van der Waals surface area contributed by atoms with Crippen molar-refractivity contribution in [3.05, 3.63) is 56.4 Å². The summed E-state index contributed by atoms with van der Waals surface area (Å²) in [6.45, 7) is 4.67. The van der Waals surface area contributed by atoms with E-state index in [1.54, 1.807) is 16.7 Å². The van der Waals surface area contributed by atoms with Crippen LogP contribution in [0, 0.1) is 11.7 Å². The van der Waals surface area contributed by atoms with E-state index in [0.29, 0.717) is 44.2 Å². The van der Waals surface area contributed by atoms with E-state index in [2.05, 4.69) is 4.98 Å². The molecule has 0 aliphatic rings. The van der Waals surface area contributed by atoms with Crippen molar-refractivity contribution >= 4 is 44.9 Å². The maximum Gasteiger partial charge on any atom is 0.272 e. The van der Waals surface area contributed by atoms with E-state index in [-0.39, 0.29) is 11.4 Å². The third kappa shape index (κ3) is 3.50. The lowest BCUT2D eigenvalue weighted by Gasteiger charge is -2.14. The van der Waals surface area contributed by atoms with Crippen LogP contribution < -0.4 is 5.56 Å². The molecular weight excluding hydrogens is 367 g/mol. The summed E-state index contributed by atoms with van der Waals surface area (Å²) in [6.07, 6.45) is 0. The van der Waals surface area contributed by atoms with Crippen LogP contribution in [0.25, 0.3) is 10.2 Å². The Morgan fingerprint density at radius 3 is 2.88 bits per heavy atom. The van der Waals surface area contributed by atoms with Crippen LogP contribution >= 0.6 is 34.7 Å². The highest BCUT2D eigenvalue weighted by Gasteiger charge is 2.15. The molecule has 7 heteroatoms. The predicted octanol–water partition coefficient (Wildman–Crippen LogP) is 5.20. The minimum absolute atomic E-state index is 0.0363. The zero-order chi connectivity index (χ0) is 17.3. The van der Waals surface area contributed by atoms with Crippen molar-refractivity contribution in [2.24, 2.45) is 5.92 Å². The second-order valence-corrected chi connectivity index (χ2v) is 8.09. The van der Waals surface area contributed by atoms with E-state index >= 15 is 0 Å². The van der Waals surface area contributed by atoms with Gasteiger partial charge in [-0.1, -0.05) is 43.3 Å². The number of rotatable bonds is 5. The summed E-state index contributed by atoms with van der Waals surface area (Å²) in [4.78, 5) is 17.3. The van der Waals surface area contributed by atoms with E-state index in [1.807, 2.05) is 25.3 Å². The standard InChI is InChI=1S/C17H16ClFN2OS2/c1-10(2)8-21-16(22)15-14(6-7-23-15)20-17(21)24-9-11-12(18)4-3-5-13(11)19/h3-7,10H,8-9H2,1-2H3. The zero-order valence-electron chi connectivity index (χ0n) is 13.3. The molecule has 126 valence electrons. The summed E-state index contributed by atoms with van der Waals surface area (Å²) in [5.74, 6) is 0.286. The number of hydrogen-bond donors (Lipinski definition) is 0. The first-order valence-corrected chi connectivity index (χ1v) is 9.75. The fourth-order valence-corrected chi connectivity index (χ4v) is 4.50. The molecule has 1 aromatic carbocycles. The highest BCUT2D eigenvalue weighted by atomic mass is 35.5. The van der Waals surface area contributed by atoms with Gasteiger partial charge in [-0.05, 0) is 29.5 Å². The topological polar surface area (TPSA) is 34.9 Å². The normalized spacial score (nSPS) is 11.5. The third-order valence-electron chi connectivity index (χ3n) is 3.49. The fraction of sp³-hybridized carbons (Fsp3) is 0.294. The average Bonchev–Trinajstić information content (AvgIpc) is 2.98. The fourth-order valence-electron chi connectivity index (χ4n) is 2.37. The van der Waals surface area contributed by atoms with Gasteiger partial charge in [-0.3, -0.25) is 9.36 Å². The molecule has 0 saturated carbocycles. The first-order valence-electron chi connectivity index (χ1n) is 7.51. The molecule has 0 atom stereocenters. The first-order chi connectivity index (χ1) is 11.5. The van der Waals surface area contributed by atoms with Gasteiger partial charge in [-0.2, -0.15) is 0 Å². The van der Waals surface area contributed by atoms with E-state index in [9.17, 15) is 9.18 Å². The molecule has 0 N–H and O–H groups in total. The van der Waals surface area contributed by atoms with E-state index < -0.39 is 0 Å². The van der Waals surface area contributed by atoms with Gasteiger partial charge < -0.3 is 0 Å². The van der Waals surface area contributed by atoms with Crippen molar-refractivity contribution in [2.75, 3.05) is 0 Å². The molecule has 0 bridgehead atoms. The summed E-state index contributed by atoms with van der Waals surface area (Å²) in [5.41, 5.74) is 1.08. The Kier molecular flexibility index (Phi) is 5.27. The number of thioether (sulfide) groups is 1. The number of aromatic nitrogens is 2. The molecule has 0 aliphatic carbocycles. The van der Waals surface area contributed by atoms with Crippen LogP contribution in [0.4, 0.5) is 4.39 Å². The van der Waals surface area contributed by atoms with Gasteiger partial charge in [0.1, 0.15) is 10.5 Å². The highest BCUT2D eigenvalue weighted by molar-refractivity contribution is 7.98. The van der Waals surface area contributed by atoms with Crippen molar-refractivity contribution < 1.29 is 4.39 Å². The quantitative estimate of drug-likeness (QED) is 0.449. The van der Waals surface area contributed by atoms with Crippen molar-refractivity contribution in [2.45, 2.75) is 31.3 Å². The lowest BCUT2D eigenvalue weighted by molar-refractivity contribution is 0.475. The third-order valence-corrected chi connectivity index (χ3v) is 5.73. The second-order valence-electron chi connectivity index (χ2n) is 5.83. The molecule has 2 aromatic heterocycles. The van der Waals surface area contributed by atoms with Gasteiger partial charge in [0, 0.05) is 22.9 Å². The van der Waals surface area contributed by atoms with E-state index in [4.69, 9.17) is 11.6 Å². The van der Waals surface area contributed by atoms with Gasteiger partial charge in [0.25, 0.3) is 5.56 Å². The molecule has 3 aromatic rings. The van der Waals surface area contributed by atoms with Gasteiger partial charge in [0.15, 0.2) is 5.16 Å². The SMILES string of the molecule is CC(C)Cn1c(SCc2c(F)cccc2Cl)nc2ccsc2c1=O. The Labute approximate surface area is 152 Å². The molecule has 0 aliphatic heterocycles. The van der Waals surface area contributed by atoms with Crippen LogP contribution in [0.15, 0.2) is 39.6 Å². The summed E-state index contributed by atoms with van der Waals surface area (Å²) < 4.78 is 16.3. The average molecular weight is 383 g/mol. The lowest BCUT2D eigenvalue weighted by atomic mass is 10.2. The Hall–Kier alpha value is -1.37. The van der Waals surface area contributed by atoms with Gasteiger partial charge in [-0.25, -0.2) is 9.37 Å². The van der Waals surface area contributed by atoms with E-state index in [1.165, 1.54) is 29.2 Å². The molecule has 0 unspecified atom stereocenters. The molecule has 0 saturated heterocycles. The van der Waals surface area contributed by atoms with Crippen molar-refractivity contribution in [1.82, 2.24) is 9.55 Å². The summed E-state index contributed by atoms with van der Waals surface area (Å²) in [5, 5.41) is 2.84. The summed E-state index contributed by atoms with van der Waals surface area (Å²) in [6, 6.07) is 6.47. The van der Waals surface area contributed by atoms with Crippen LogP contribution in [0.1, 0.15) is 19.4 Å². The molecule has 0 radical (unpaired) electrons. The molecule has 3 rings (SSSR count). The zero-order valence-corrected chi connectivity index (χ0v) is 15.6. The number of thiophene rings is 1. The summed E-state index contributed by atoms with van der Waals surface area (Å²) >= 11 is 8.82. The smallest absolute Gasteiger partial charge is 0.272 e. The lowest BCUT2D eigenvalue weighted by Crippen LogP contribution is -2.24. The van der Waals surface area contributed by atoms with Crippen molar-refractivity contribution in [3.63, 3.8) is 0 Å². The number of hydrogen-bond acceptors (Lipinski definition) is 4. The predicted molar refractivity (Wildman–Crippen MR) is 99.7 cm³/mol. The van der Waals surface area contributed by atoms with Crippen LogP contribution in [-0.4, -0.2) is 9.55 Å². The Morgan fingerprint density at radius 1 is 1.38 bits per heavy atom. The minimum atomic E-state index is -0.343. The van der Waals surface area contributed by atoms with Gasteiger partial charge in [-0.15, -0.1) is 11.3 Å². The molecule has 24 heavy (non-hydrogen) atoms. The monoisotopic (exact) mass is 382 g/mol. The molecule has 0 amide bonds. The van der Waals surface area contributed by atoms with Crippen LogP contribution in [0.5, 0.6) is 0 Å². The molecule has 0 spiro atoms. The molecule has 2 heterocycles. The molecular formula is C17H16ClFN2OS2. The van der Waals surface area contributed by atoms with Gasteiger partial charge >= 0.3 is 0 Å². The van der Waals surface area contributed by atoms with Gasteiger partial charge in [0.2, 0.25) is 0 Å². The number of benzene rings is 1. The van der Waals surface area contributed by atoms with Crippen molar-refractivity contribution in [1.29, 1.82) is 0 Å².